The van der Waals surface area contributed by atoms with E-state index in [0.717, 1.165) is 5.56 Å². The Balaban J connectivity index is 2.02. The van der Waals surface area contributed by atoms with Crippen LogP contribution >= 0.6 is 11.6 Å². The number of amides is 2. The Hall–Kier alpha value is -2.53. The van der Waals surface area contributed by atoms with E-state index in [1.807, 2.05) is 6.92 Å². The lowest BCUT2D eigenvalue weighted by molar-refractivity contribution is -0.118. The van der Waals surface area contributed by atoms with E-state index in [1.165, 1.54) is 0 Å². The second-order valence-electron chi connectivity index (χ2n) is 4.71. The van der Waals surface area contributed by atoms with E-state index in [0.29, 0.717) is 10.7 Å². The fourth-order valence-corrected chi connectivity index (χ4v) is 2.05. The third kappa shape index (κ3) is 4.23. The Labute approximate surface area is 133 Å². The first-order valence-electron chi connectivity index (χ1n) is 6.54. The van der Waals surface area contributed by atoms with Gasteiger partial charge in [-0.2, -0.15) is 0 Å². The molecule has 0 heterocycles. The van der Waals surface area contributed by atoms with Gasteiger partial charge in [-0.15, -0.1) is 0 Å². The second-order valence-corrected chi connectivity index (χ2v) is 5.15. The smallest absolute Gasteiger partial charge is 0.262 e. The van der Waals surface area contributed by atoms with Crippen molar-refractivity contribution in [3.05, 3.63) is 58.6 Å². The van der Waals surface area contributed by atoms with Crippen LogP contribution in [0.25, 0.3) is 0 Å². The Morgan fingerprint density at radius 1 is 1.23 bits per heavy atom. The Morgan fingerprint density at radius 2 is 2.00 bits per heavy atom. The lowest BCUT2D eigenvalue weighted by atomic mass is 10.1. The van der Waals surface area contributed by atoms with E-state index in [9.17, 15) is 9.59 Å². The SMILES string of the molecule is Cc1ccc(C(N)=O)c(OCC(=O)Nc2cccc(Cl)c2)c1. The van der Waals surface area contributed by atoms with Gasteiger partial charge in [0.2, 0.25) is 0 Å². The number of ether oxygens (including phenoxy) is 1. The Kier molecular flexibility index (Phi) is 5.01. The topological polar surface area (TPSA) is 81.4 Å². The number of halogens is 1. The highest BCUT2D eigenvalue weighted by atomic mass is 35.5. The van der Waals surface area contributed by atoms with Crippen LogP contribution in [0.1, 0.15) is 15.9 Å². The summed E-state index contributed by atoms with van der Waals surface area (Å²) < 4.78 is 5.40. The molecule has 0 unspecified atom stereocenters. The summed E-state index contributed by atoms with van der Waals surface area (Å²) in [6.07, 6.45) is 0. The largest absolute Gasteiger partial charge is 0.483 e. The molecule has 0 aliphatic carbocycles. The van der Waals surface area contributed by atoms with Crippen molar-refractivity contribution in [2.45, 2.75) is 6.92 Å². The number of carbonyl (C=O) groups excluding carboxylic acids is 2. The van der Waals surface area contributed by atoms with Crippen molar-refractivity contribution in [3.8, 4) is 5.75 Å². The van der Waals surface area contributed by atoms with Crippen LogP contribution in [0, 0.1) is 6.92 Å². The number of rotatable bonds is 5. The van der Waals surface area contributed by atoms with E-state index >= 15 is 0 Å². The van der Waals surface area contributed by atoms with E-state index in [4.69, 9.17) is 22.1 Å². The molecule has 2 amide bonds. The molecule has 114 valence electrons. The zero-order valence-corrected chi connectivity index (χ0v) is 12.7. The number of nitrogens with one attached hydrogen (secondary N) is 1. The third-order valence-electron chi connectivity index (χ3n) is 2.87. The molecule has 22 heavy (non-hydrogen) atoms. The van der Waals surface area contributed by atoms with Gasteiger partial charge in [0, 0.05) is 10.7 Å². The van der Waals surface area contributed by atoms with Crippen molar-refractivity contribution < 1.29 is 14.3 Å². The maximum atomic E-state index is 11.9. The molecule has 0 saturated heterocycles. The van der Waals surface area contributed by atoms with Gasteiger partial charge >= 0.3 is 0 Å². The summed E-state index contributed by atoms with van der Waals surface area (Å²) in [7, 11) is 0. The van der Waals surface area contributed by atoms with Gasteiger partial charge in [-0.1, -0.05) is 23.7 Å². The predicted molar refractivity (Wildman–Crippen MR) is 85.3 cm³/mol. The molecule has 0 aromatic heterocycles. The summed E-state index contributed by atoms with van der Waals surface area (Å²) in [5.41, 5.74) is 6.98. The molecule has 2 aromatic rings. The average Bonchev–Trinajstić information content (AvgIpc) is 2.45. The fourth-order valence-electron chi connectivity index (χ4n) is 1.86. The van der Waals surface area contributed by atoms with Crippen LogP contribution in [0.5, 0.6) is 5.75 Å². The summed E-state index contributed by atoms with van der Waals surface area (Å²) in [5.74, 6) is -0.682. The van der Waals surface area contributed by atoms with Gasteiger partial charge in [-0.25, -0.2) is 0 Å². The highest BCUT2D eigenvalue weighted by Gasteiger charge is 2.11. The number of nitrogens with two attached hydrogens (primary N) is 1. The zero-order valence-electron chi connectivity index (χ0n) is 11.9. The molecule has 0 radical (unpaired) electrons. The molecule has 2 aromatic carbocycles. The van der Waals surface area contributed by atoms with Gasteiger partial charge in [-0.05, 0) is 42.8 Å². The van der Waals surface area contributed by atoms with Crippen LogP contribution in [-0.4, -0.2) is 18.4 Å². The van der Waals surface area contributed by atoms with Crippen LogP contribution in [-0.2, 0) is 4.79 Å². The summed E-state index contributed by atoms with van der Waals surface area (Å²) in [5, 5.41) is 3.17. The molecule has 0 atom stereocenters. The van der Waals surface area contributed by atoms with Crippen molar-refractivity contribution >= 4 is 29.1 Å². The van der Waals surface area contributed by atoms with Crippen LogP contribution < -0.4 is 15.8 Å². The number of primary amides is 1. The summed E-state index contributed by atoms with van der Waals surface area (Å²) in [4.78, 5) is 23.2. The fraction of sp³-hybridized carbons (Fsp3) is 0.125. The first-order chi connectivity index (χ1) is 10.5. The Morgan fingerprint density at radius 3 is 2.68 bits per heavy atom. The third-order valence-corrected chi connectivity index (χ3v) is 3.10. The minimum absolute atomic E-state index is 0.237. The zero-order chi connectivity index (χ0) is 16.1. The molecule has 0 aliphatic heterocycles. The van der Waals surface area contributed by atoms with E-state index in [1.54, 1.807) is 42.5 Å². The maximum absolute atomic E-state index is 11.9. The number of benzene rings is 2. The minimum atomic E-state index is -0.606. The molecule has 0 fully saturated rings. The average molecular weight is 319 g/mol. The lowest BCUT2D eigenvalue weighted by Crippen LogP contribution is -2.21. The molecule has 6 heteroatoms. The van der Waals surface area contributed by atoms with Crippen LogP contribution in [0.4, 0.5) is 5.69 Å². The predicted octanol–water partition coefficient (Wildman–Crippen LogP) is 2.76. The molecule has 3 N–H and O–H groups in total. The molecular formula is C16H15ClN2O3. The number of hydrogen-bond acceptors (Lipinski definition) is 3. The first-order valence-corrected chi connectivity index (χ1v) is 6.92. The van der Waals surface area contributed by atoms with Gasteiger partial charge in [0.1, 0.15) is 5.75 Å². The van der Waals surface area contributed by atoms with Crippen LogP contribution in [0.2, 0.25) is 5.02 Å². The van der Waals surface area contributed by atoms with Gasteiger partial charge in [0.15, 0.2) is 6.61 Å². The molecule has 5 nitrogen and oxygen atoms in total. The van der Waals surface area contributed by atoms with Crippen molar-refractivity contribution in [1.29, 1.82) is 0 Å². The van der Waals surface area contributed by atoms with Crippen molar-refractivity contribution in [3.63, 3.8) is 0 Å². The van der Waals surface area contributed by atoms with Crippen molar-refractivity contribution in [2.75, 3.05) is 11.9 Å². The summed E-state index contributed by atoms with van der Waals surface area (Å²) in [6, 6.07) is 11.8. The maximum Gasteiger partial charge on any atom is 0.262 e. The number of hydrogen-bond donors (Lipinski definition) is 2. The normalized spacial score (nSPS) is 10.1. The van der Waals surface area contributed by atoms with E-state index in [-0.39, 0.29) is 23.8 Å². The highest BCUT2D eigenvalue weighted by molar-refractivity contribution is 6.30. The van der Waals surface area contributed by atoms with Crippen LogP contribution in [0.3, 0.4) is 0 Å². The van der Waals surface area contributed by atoms with Crippen molar-refractivity contribution in [1.82, 2.24) is 0 Å². The monoisotopic (exact) mass is 318 g/mol. The van der Waals surface area contributed by atoms with Crippen LogP contribution in [0.15, 0.2) is 42.5 Å². The molecule has 0 spiro atoms. The quantitative estimate of drug-likeness (QED) is 0.889. The van der Waals surface area contributed by atoms with Gasteiger partial charge in [0.05, 0.1) is 5.56 Å². The molecule has 0 saturated carbocycles. The van der Waals surface area contributed by atoms with Gasteiger partial charge in [-0.3, -0.25) is 9.59 Å². The minimum Gasteiger partial charge on any atom is -0.483 e. The molecular weight excluding hydrogens is 304 g/mol. The summed E-state index contributed by atoms with van der Waals surface area (Å²) in [6.45, 7) is 1.61. The number of anilines is 1. The van der Waals surface area contributed by atoms with E-state index in [2.05, 4.69) is 5.32 Å². The number of carbonyl (C=O) groups is 2. The lowest BCUT2D eigenvalue weighted by Gasteiger charge is -2.11. The van der Waals surface area contributed by atoms with Gasteiger partial charge in [0.25, 0.3) is 11.8 Å². The van der Waals surface area contributed by atoms with Gasteiger partial charge < -0.3 is 15.8 Å². The molecule has 0 bridgehead atoms. The Bertz CT molecular complexity index is 716. The number of aryl methyl sites for hydroxylation is 1. The first kappa shape index (κ1) is 15.9. The second kappa shape index (κ2) is 6.95. The standard InChI is InChI=1S/C16H15ClN2O3/c1-10-5-6-13(16(18)21)14(7-10)22-9-15(20)19-12-4-2-3-11(17)8-12/h2-8H,9H2,1H3,(H2,18,21)(H,19,20). The molecule has 2 rings (SSSR count). The highest BCUT2D eigenvalue weighted by Crippen LogP contribution is 2.20. The summed E-state index contributed by atoms with van der Waals surface area (Å²) >= 11 is 5.84. The van der Waals surface area contributed by atoms with E-state index < -0.39 is 5.91 Å². The van der Waals surface area contributed by atoms with Crippen molar-refractivity contribution in [2.24, 2.45) is 5.73 Å². The molecule has 0 aliphatic rings.